The van der Waals surface area contributed by atoms with Gasteiger partial charge in [0.1, 0.15) is 0 Å². The van der Waals surface area contributed by atoms with E-state index in [-0.39, 0.29) is 0 Å². The summed E-state index contributed by atoms with van der Waals surface area (Å²) < 4.78 is 0. The number of halogens is 1. The molecule has 0 aromatic heterocycles. The van der Waals surface area contributed by atoms with Crippen LogP contribution in [0.4, 0.5) is 0 Å². The lowest BCUT2D eigenvalue weighted by Gasteiger charge is -2.57. The van der Waals surface area contributed by atoms with E-state index >= 15 is 0 Å². The molecule has 0 radical (unpaired) electrons. The van der Waals surface area contributed by atoms with Crippen LogP contribution in [0.2, 0.25) is 5.02 Å². The van der Waals surface area contributed by atoms with Gasteiger partial charge in [0.15, 0.2) is 0 Å². The van der Waals surface area contributed by atoms with Crippen molar-refractivity contribution in [2.24, 2.45) is 5.41 Å². The van der Waals surface area contributed by atoms with Gasteiger partial charge in [-0.05, 0) is 42.5 Å². The summed E-state index contributed by atoms with van der Waals surface area (Å²) in [6, 6.07) is 8.47. The van der Waals surface area contributed by atoms with E-state index in [9.17, 15) is 0 Å². The van der Waals surface area contributed by atoms with Gasteiger partial charge in [-0.2, -0.15) is 0 Å². The third-order valence-corrected chi connectivity index (χ3v) is 5.31. The molecule has 0 spiro atoms. The summed E-state index contributed by atoms with van der Waals surface area (Å²) >= 11 is 6.18. The Morgan fingerprint density at radius 2 is 1.84 bits per heavy atom. The van der Waals surface area contributed by atoms with Gasteiger partial charge < -0.3 is 5.32 Å². The van der Waals surface area contributed by atoms with Crippen LogP contribution < -0.4 is 5.32 Å². The molecule has 106 valence electrons. The van der Waals surface area contributed by atoms with Crippen LogP contribution in [0.5, 0.6) is 0 Å². The number of rotatable bonds is 6. The van der Waals surface area contributed by atoms with E-state index < -0.39 is 0 Å². The number of benzene rings is 1. The number of nitrogens with one attached hydrogen (secondary N) is 1. The zero-order valence-corrected chi connectivity index (χ0v) is 13.2. The fourth-order valence-electron chi connectivity index (χ4n) is 3.75. The van der Waals surface area contributed by atoms with Crippen LogP contribution >= 0.6 is 11.6 Å². The molecule has 0 amide bonds. The van der Waals surface area contributed by atoms with Gasteiger partial charge in [-0.15, -0.1) is 0 Å². The molecule has 1 nitrogen and oxygen atoms in total. The second-order valence-corrected chi connectivity index (χ2v) is 6.57. The third kappa shape index (κ3) is 2.83. The van der Waals surface area contributed by atoms with E-state index in [0.717, 1.165) is 18.1 Å². The lowest BCUT2D eigenvalue weighted by Crippen LogP contribution is -2.54. The predicted molar refractivity (Wildman–Crippen MR) is 83.9 cm³/mol. The lowest BCUT2D eigenvalue weighted by molar-refractivity contribution is 0.0132. The molecule has 1 aromatic rings. The van der Waals surface area contributed by atoms with Crippen LogP contribution in [0.3, 0.4) is 0 Å². The summed E-state index contributed by atoms with van der Waals surface area (Å²) in [6.45, 7) is 8.95. The first-order chi connectivity index (χ1) is 9.10. The molecule has 2 heteroatoms. The van der Waals surface area contributed by atoms with Crippen molar-refractivity contribution < 1.29 is 0 Å². The van der Waals surface area contributed by atoms with Gasteiger partial charge in [0.2, 0.25) is 0 Å². The molecular formula is C17H26ClN. The van der Waals surface area contributed by atoms with Crippen LogP contribution in [0.25, 0.3) is 0 Å². The van der Waals surface area contributed by atoms with Crippen molar-refractivity contribution in [2.45, 2.75) is 51.9 Å². The summed E-state index contributed by atoms with van der Waals surface area (Å²) in [5.41, 5.74) is 2.27. The molecule has 19 heavy (non-hydrogen) atoms. The first kappa shape index (κ1) is 14.9. The lowest BCUT2D eigenvalue weighted by atomic mass is 9.48. The number of hydrogen-bond acceptors (Lipinski definition) is 1. The molecular weight excluding hydrogens is 254 g/mol. The maximum Gasteiger partial charge on any atom is 0.0408 e. The molecule has 1 aliphatic rings. The fraction of sp³-hybridized carbons (Fsp3) is 0.647. The third-order valence-electron chi connectivity index (χ3n) is 5.08. The van der Waals surface area contributed by atoms with Crippen LogP contribution in [0.1, 0.15) is 52.0 Å². The standard InChI is InChI=1S/C17H26ClN/c1-4-16(5-2)11-17(12-16,13-19-6-3)14-8-7-9-15(18)10-14/h7-10,19H,4-6,11-13H2,1-3H3. The molecule has 2 rings (SSSR count). The van der Waals surface area contributed by atoms with Crippen molar-refractivity contribution in [3.05, 3.63) is 34.9 Å². The average molecular weight is 280 g/mol. The first-order valence-electron chi connectivity index (χ1n) is 7.56. The van der Waals surface area contributed by atoms with Crippen molar-refractivity contribution in [3.63, 3.8) is 0 Å². The molecule has 1 saturated carbocycles. The Morgan fingerprint density at radius 1 is 1.16 bits per heavy atom. The molecule has 1 aromatic carbocycles. The Morgan fingerprint density at radius 3 is 2.37 bits per heavy atom. The average Bonchev–Trinajstić information content (AvgIpc) is 2.39. The summed E-state index contributed by atoms with van der Waals surface area (Å²) in [6.07, 6.45) is 5.16. The summed E-state index contributed by atoms with van der Waals surface area (Å²) in [7, 11) is 0. The smallest absolute Gasteiger partial charge is 0.0408 e. The minimum atomic E-state index is 0.299. The van der Waals surface area contributed by atoms with E-state index in [1.807, 2.05) is 6.07 Å². The number of likely N-dealkylation sites (N-methyl/N-ethyl adjacent to an activating group) is 1. The highest BCUT2D eigenvalue weighted by Gasteiger charge is 2.52. The van der Waals surface area contributed by atoms with E-state index in [0.29, 0.717) is 10.8 Å². The van der Waals surface area contributed by atoms with Gasteiger partial charge in [0.05, 0.1) is 0 Å². The predicted octanol–water partition coefficient (Wildman–Crippen LogP) is 4.79. The van der Waals surface area contributed by atoms with Crippen molar-refractivity contribution in [3.8, 4) is 0 Å². The minimum absolute atomic E-state index is 0.299. The van der Waals surface area contributed by atoms with Crippen LogP contribution in [0.15, 0.2) is 24.3 Å². The first-order valence-corrected chi connectivity index (χ1v) is 7.94. The quantitative estimate of drug-likeness (QED) is 0.790. The van der Waals surface area contributed by atoms with Gasteiger partial charge in [-0.25, -0.2) is 0 Å². The molecule has 0 aliphatic heterocycles. The summed E-state index contributed by atoms with van der Waals surface area (Å²) in [5, 5.41) is 4.41. The van der Waals surface area contributed by atoms with E-state index in [2.05, 4.69) is 44.3 Å². The second-order valence-electron chi connectivity index (χ2n) is 6.13. The maximum absolute atomic E-state index is 6.18. The molecule has 1 fully saturated rings. The molecule has 0 saturated heterocycles. The highest BCUT2D eigenvalue weighted by atomic mass is 35.5. The highest BCUT2D eigenvalue weighted by molar-refractivity contribution is 6.30. The van der Waals surface area contributed by atoms with Crippen LogP contribution in [-0.2, 0) is 5.41 Å². The monoisotopic (exact) mass is 279 g/mol. The molecule has 1 aliphatic carbocycles. The SMILES string of the molecule is CCNCC1(c2cccc(Cl)c2)CC(CC)(CC)C1. The van der Waals surface area contributed by atoms with Gasteiger partial charge in [-0.3, -0.25) is 0 Å². The topological polar surface area (TPSA) is 12.0 Å². The Kier molecular flexibility index (Phi) is 4.58. The summed E-state index contributed by atoms with van der Waals surface area (Å²) in [4.78, 5) is 0. The van der Waals surface area contributed by atoms with Gasteiger partial charge >= 0.3 is 0 Å². The normalized spacial score (nSPS) is 20.0. The number of hydrogen-bond donors (Lipinski definition) is 1. The van der Waals surface area contributed by atoms with E-state index in [1.54, 1.807) is 0 Å². The maximum atomic E-state index is 6.18. The van der Waals surface area contributed by atoms with Crippen LogP contribution in [-0.4, -0.2) is 13.1 Å². The molecule has 1 N–H and O–H groups in total. The summed E-state index contributed by atoms with van der Waals surface area (Å²) in [5.74, 6) is 0. The minimum Gasteiger partial charge on any atom is -0.316 e. The van der Waals surface area contributed by atoms with E-state index in [4.69, 9.17) is 11.6 Å². The van der Waals surface area contributed by atoms with Crippen molar-refractivity contribution in [1.82, 2.24) is 5.32 Å². The Balaban J connectivity index is 2.23. The molecule has 0 atom stereocenters. The van der Waals surface area contributed by atoms with Gasteiger partial charge in [0.25, 0.3) is 0 Å². The van der Waals surface area contributed by atoms with Gasteiger partial charge in [0, 0.05) is 17.0 Å². The zero-order valence-electron chi connectivity index (χ0n) is 12.4. The van der Waals surface area contributed by atoms with Crippen molar-refractivity contribution in [1.29, 1.82) is 0 Å². The zero-order chi connectivity index (χ0) is 13.9. The fourth-order valence-corrected chi connectivity index (χ4v) is 3.94. The van der Waals surface area contributed by atoms with Gasteiger partial charge in [-0.1, -0.05) is 57.3 Å². The largest absolute Gasteiger partial charge is 0.316 e. The molecule has 0 unspecified atom stereocenters. The van der Waals surface area contributed by atoms with Crippen molar-refractivity contribution in [2.75, 3.05) is 13.1 Å². The second kappa shape index (κ2) is 5.85. The van der Waals surface area contributed by atoms with Crippen molar-refractivity contribution >= 4 is 11.6 Å². The highest BCUT2D eigenvalue weighted by Crippen LogP contribution is 2.59. The Hall–Kier alpha value is -0.530. The van der Waals surface area contributed by atoms with E-state index in [1.165, 1.54) is 31.2 Å². The van der Waals surface area contributed by atoms with Crippen LogP contribution in [0, 0.1) is 5.41 Å². The molecule has 0 bridgehead atoms. The Bertz CT molecular complexity index is 415. The Labute approximate surface area is 122 Å². The molecule has 0 heterocycles.